The van der Waals surface area contributed by atoms with E-state index >= 15 is 0 Å². The SMILES string of the molecule is COc1ccc(C(=O)Oc2ccc(/C=N\N3CC(=O)NC3=O)cc2OC)cc1. The number of nitrogens with zero attached hydrogens (tertiary/aromatic N) is 2. The van der Waals surface area contributed by atoms with E-state index in [1.807, 2.05) is 0 Å². The predicted molar refractivity (Wildman–Crippen MR) is 98.8 cm³/mol. The molecule has 2 aromatic carbocycles. The maximum absolute atomic E-state index is 12.3. The van der Waals surface area contributed by atoms with Crippen molar-refractivity contribution in [2.45, 2.75) is 0 Å². The van der Waals surface area contributed by atoms with E-state index in [0.29, 0.717) is 22.6 Å². The summed E-state index contributed by atoms with van der Waals surface area (Å²) in [6.07, 6.45) is 1.40. The van der Waals surface area contributed by atoms with Crippen LogP contribution in [0.2, 0.25) is 0 Å². The summed E-state index contributed by atoms with van der Waals surface area (Å²) in [7, 11) is 2.98. The molecule has 3 amide bonds. The largest absolute Gasteiger partial charge is 0.497 e. The number of urea groups is 1. The molecule has 0 saturated carbocycles. The Morgan fingerprint density at radius 3 is 2.43 bits per heavy atom. The number of benzene rings is 2. The van der Waals surface area contributed by atoms with Crippen molar-refractivity contribution >= 4 is 24.1 Å². The highest BCUT2D eigenvalue weighted by Gasteiger charge is 2.25. The molecule has 1 fully saturated rings. The van der Waals surface area contributed by atoms with E-state index in [2.05, 4.69) is 10.4 Å². The van der Waals surface area contributed by atoms with E-state index in [1.165, 1.54) is 20.4 Å². The van der Waals surface area contributed by atoms with Gasteiger partial charge in [0.25, 0.3) is 0 Å². The number of ether oxygens (including phenoxy) is 3. The third-order valence-corrected chi connectivity index (χ3v) is 3.84. The van der Waals surface area contributed by atoms with Gasteiger partial charge in [-0.25, -0.2) is 14.6 Å². The lowest BCUT2D eigenvalue weighted by Crippen LogP contribution is -2.24. The first-order valence-corrected chi connectivity index (χ1v) is 8.20. The number of hydrogen-bond donors (Lipinski definition) is 1. The van der Waals surface area contributed by atoms with Crippen molar-refractivity contribution in [1.82, 2.24) is 10.3 Å². The molecule has 1 saturated heterocycles. The van der Waals surface area contributed by atoms with Crippen molar-refractivity contribution in [3.63, 3.8) is 0 Å². The molecule has 1 aliphatic rings. The molecule has 0 bridgehead atoms. The van der Waals surface area contributed by atoms with Crippen molar-refractivity contribution < 1.29 is 28.6 Å². The van der Waals surface area contributed by atoms with Crippen LogP contribution < -0.4 is 19.5 Å². The Morgan fingerprint density at radius 1 is 1.07 bits per heavy atom. The van der Waals surface area contributed by atoms with Crippen molar-refractivity contribution in [1.29, 1.82) is 0 Å². The molecule has 1 N–H and O–H groups in total. The predicted octanol–water partition coefficient (Wildman–Crippen LogP) is 1.81. The smallest absolute Gasteiger partial charge is 0.344 e. The molecule has 28 heavy (non-hydrogen) atoms. The molecule has 2 aromatic rings. The summed E-state index contributed by atoms with van der Waals surface area (Å²) >= 11 is 0. The third kappa shape index (κ3) is 4.26. The maximum atomic E-state index is 12.3. The van der Waals surface area contributed by atoms with Crippen LogP contribution in [0, 0.1) is 0 Å². The minimum absolute atomic E-state index is 0.135. The molecular weight excluding hydrogens is 366 g/mol. The summed E-state index contributed by atoms with van der Waals surface area (Å²) in [6.45, 7) is -0.135. The van der Waals surface area contributed by atoms with Gasteiger partial charge in [-0.05, 0) is 48.0 Å². The lowest BCUT2D eigenvalue weighted by molar-refractivity contribution is -0.118. The van der Waals surface area contributed by atoms with Gasteiger partial charge < -0.3 is 14.2 Å². The fourth-order valence-corrected chi connectivity index (χ4v) is 2.40. The first kappa shape index (κ1) is 18.9. The number of carbonyl (C=O) groups excluding carboxylic acids is 3. The van der Waals surface area contributed by atoms with Crippen LogP contribution >= 0.6 is 0 Å². The lowest BCUT2D eigenvalue weighted by atomic mass is 10.2. The van der Waals surface area contributed by atoms with Gasteiger partial charge in [0.1, 0.15) is 12.3 Å². The van der Waals surface area contributed by atoms with Gasteiger partial charge >= 0.3 is 12.0 Å². The lowest BCUT2D eigenvalue weighted by Gasteiger charge is -2.10. The Kier molecular flexibility index (Phi) is 5.54. The number of rotatable bonds is 6. The topological polar surface area (TPSA) is 107 Å². The minimum atomic E-state index is -0.585. The first-order valence-electron chi connectivity index (χ1n) is 8.20. The number of hydrogen-bond acceptors (Lipinski definition) is 7. The van der Waals surface area contributed by atoms with E-state index in [-0.39, 0.29) is 12.3 Å². The van der Waals surface area contributed by atoms with Crippen molar-refractivity contribution in [2.24, 2.45) is 5.10 Å². The number of amides is 3. The van der Waals surface area contributed by atoms with Gasteiger partial charge in [0.2, 0.25) is 5.91 Å². The van der Waals surface area contributed by atoms with Gasteiger partial charge in [-0.3, -0.25) is 10.1 Å². The van der Waals surface area contributed by atoms with Crippen LogP contribution in [-0.4, -0.2) is 49.9 Å². The fourth-order valence-electron chi connectivity index (χ4n) is 2.40. The average molecular weight is 383 g/mol. The highest BCUT2D eigenvalue weighted by Crippen LogP contribution is 2.28. The van der Waals surface area contributed by atoms with Gasteiger partial charge in [0.05, 0.1) is 26.0 Å². The second-order valence-electron chi connectivity index (χ2n) is 5.68. The zero-order chi connectivity index (χ0) is 20.1. The Morgan fingerprint density at radius 2 is 1.82 bits per heavy atom. The molecule has 9 nitrogen and oxygen atoms in total. The summed E-state index contributed by atoms with van der Waals surface area (Å²) in [5, 5.41) is 7.08. The van der Waals surface area contributed by atoms with Crippen molar-refractivity contribution in [3.8, 4) is 17.2 Å². The molecule has 0 aliphatic carbocycles. The summed E-state index contributed by atoms with van der Waals surface area (Å²) < 4.78 is 15.7. The summed E-state index contributed by atoms with van der Waals surface area (Å²) in [5.74, 6) is 0.212. The number of methoxy groups -OCH3 is 2. The Bertz CT molecular complexity index is 939. The molecule has 9 heteroatoms. The Hall–Kier alpha value is -3.88. The van der Waals surface area contributed by atoms with Crippen LogP contribution in [-0.2, 0) is 4.79 Å². The number of esters is 1. The molecule has 0 radical (unpaired) electrons. The molecular formula is C19H17N3O6. The number of imide groups is 1. The van der Waals surface area contributed by atoms with E-state index in [1.54, 1.807) is 42.5 Å². The van der Waals surface area contributed by atoms with Gasteiger partial charge in [0.15, 0.2) is 11.5 Å². The highest BCUT2D eigenvalue weighted by molar-refractivity contribution is 6.02. The van der Waals surface area contributed by atoms with Crippen LogP contribution in [0.4, 0.5) is 4.79 Å². The molecule has 0 atom stereocenters. The van der Waals surface area contributed by atoms with E-state index in [4.69, 9.17) is 14.2 Å². The second kappa shape index (κ2) is 8.21. The maximum Gasteiger partial charge on any atom is 0.344 e. The van der Waals surface area contributed by atoms with Gasteiger partial charge in [0, 0.05) is 0 Å². The monoisotopic (exact) mass is 383 g/mol. The molecule has 3 rings (SSSR count). The normalized spacial score (nSPS) is 13.6. The summed E-state index contributed by atoms with van der Waals surface area (Å²) in [4.78, 5) is 34.9. The Labute approximate surface area is 160 Å². The van der Waals surface area contributed by atoms with Crippen molar-refractivity contribution in [2.75, 3.05) is 20.8 Å². The Balaban J connectivity index is 1.72. The standard InChI is InChI=1S/C19H17N3O6/c1-26-14-6-4-13(5-7-14)18(24)28-15-8-3-12(9-16(15)27-2)10-20-22-11-17(23)21-19(22)25/h3-10H,11H2,1-2H3,(H,21,23,25)/b20-10-. The summed E-state index contributed by atoms with van der Waals surface area (Å²) in [6, 6.07) is 10.7. The average Bonchev–Trinajstić information content (AvgIpc) is 3.04. The van der Waals surface area contributed by atoms with Gasteiger partial charge in [-0.15, -0.1) is 0 Å². The zero-order valence-electron chi connectivity index (χ0n) is 15.2. The van der Waals surface area contributed by atoms with Crippen LogP contribution in [0.1, 0.15) is 15.9 Å². The molecule has 0 aromatic heterocycles. The quantitative estimate of drug-likeness (QED) is 0.353. The second-order valence-corrected chi connectivity index (χ2v) is 5.68. The molecule has 1 heterocycles. The number of carbonyl (C=O) groups is 3. The van der Waals surface area contributed by atoms with Gasteiger partial charge in [-0.2, -0.15) is 5.10 Å². The van der Waals surface area contributed by atoms with Crippen LogP contribution in [0.3, 0.4) is 0 Å². The first-order chi connectivity index (χ1) is 13.5. The number of nitrogens with one attached hydrogen (secondary N) is 1. The number of hydrazone groups is 1. The molecule has 0 unspecified atom stereocenters. The fraction of sp³-hybridized carbons (Fsp3) is 0.158. The molecule has 1 aliphatic heterocycles. The van der Waals surface area contributed by atoms with E-state index in [9.17, 15) is 14.4 Å². The zero-order valence-corrected chi connectivity index (χ0v) is 15.2. The van der Waals surface area contributed by atoms with E-state index < -0.39 is 17.9 Å². The molecule has 144 valence electrons. The molecule has 0 spiro atoms. The van der Waals surface area contributed by atoms with Crippen molar-refractivity contribution in [3.05, 3.63) is 53.6 Å². The van der Waals surface area contributed by atoms with Crippen LogP contribution in [0.15, 0.2) is 47.6 Å². The minimum Gasteiger partial charge on any atom is -0.497 e. The van der Waals surface area contributed by atoms with E-state index in [0.717, 1.165) is 5.01 Å². The highest BCUT2D eigenvalue weighted by atomic mass is 16.6. The van der Waals surface area contributed by atoms with Gasteiger partial charge in [-0.1, -0.05) is 0 Å². The third-order valence-electron chi connectivity index (χ3n) is 3.84. The summed E-state index contributed by atoms with van der Waals surface area (Å²) in [5.41, 5.74) is 0.950. The van der Waals surface area contributed by atoms with Crippen LogP contribution in [0.25, 0.3) is 0 Å². The van der Waals surface area contributed by atoms with Crippen LogP contribution in [0.5, 0.6) is 17.2 Å².